The third kappa shape index (κ3) is 3.95. The summed E-state index contributed by atoms with van der Waals surface area (Å²) < 4.78 is 52.7. The van der Waals surface area contributed by atoms with Gasteiger partial charge in [-0.25, -0.2) is 21.9 Å². The second-order valence-electron chi connectivity index (χ2n) is 4.60. The van der Waals surface area contributed by atoms with Gasteiger partial charge in [0.1, 0.15) is 11.6 Å². The Morgan fingerprint density at radius 1 is 1.11 bits per heavy atom. The topological polar surface area (TPSA) is 58.2 Å². The van der Waals surface area contributed by atoms with Crippen LogP contribution in [-0.4, -0.2) is 27.5 Å². The van der Waals surface area contributed by atoms with Gasteiger partial charge in [0.05, 0.1) is 4.90 Å². The molecule has 1 unspecified atom stereocenters. The summed E-state index contributed by atoms with van der Waals surface area (Å²) >= 11 is 0. The molecule has 1 aliphatic rings. The SMILES string of the molecule is O=S(=O)(NC1CCCNCC1)c1cc(F)cc(F)c1. The molecule has 1 atom stereocenters. The highest BCUT2D eigenvalue weighted by atomic mass is 32.2. The Hall–Kier alpha value is -1.05. The van der Waals surface area contributed by atoms with Crippen molar-refractivity contribution >= 4 is 10.0 Å². The zero-order chi connectivity index (χ0) is 13.9. The lowest BCUT2D eigenvalue weighted by atomic mass is 10.1. The van der Waals surface area contributed by atoms with Gasteiger partial charge < -0.3 is 5.32 Å². The fourth-order valence-electron chi connectivity index (χ4n) is 2.11. The predicted molar refractivity (Wildman–Crippen MR) is 67.2 cm³/mol. The Balaban J connectivity index is 2.17. The molecule has 0 amide bonds. The standard InChI is InChI=1S/C12H16F2N2O2S/c13-9-6-10(14)8-12(7-9)19(17,18)16-11-2-1-4-15-5-3-11/h6-8,11,15-16H,1-5H2. The molecule has 4 nitrogen and oxygen atoms in total. The van der Waals surface area contributed by atoms with Crippen LogP contribution in [0.1, 0.15) is 19.3 Å². The zero-order valence-corrected chi connectivity index (χ0v) is 11.1. The fraction of sp³-hybridized carbons (Fsp3) is 0.500. The molecule has 7 heteroatoms. The second-order valence-corrected chi connectivity index (χ2v) is 6.32. The smallest absolute Gasteiger partial charge is 0.241 e. The van der Waals surface area contributed by atoms with Gasteiger partial charge in [-0.3, -0.25) is 0 Å². The monoisotopic (exact) mass is 290 g/mol. The molecule has 0 saturated carbocycles. The summed E-state index contributed by atoms with van der Waals surface area (Å²) in [6.07, 6.45) is 2.24. The van der Waals surface area contributed by atoms with E-state index in [9.17, 15) is 17.2 Å². The van der Waals surface area contributed by atoms with Crippen molar-refractivity contribution in [3.8, 4) is 0 Å². The summed E-state index contributed by atoms with van der Waals surface area (Å²) in [5.74, 6) is -1.80. The summed E-state index contributed by atoms with van der Waals surface area (Å²) in [5.41, 5.74) is 0. The minimum atomic E-state index is -3.88. The van der Waals surface area contributed by atoms with Crippen LogP contribution >= 0.6 is 0 Å². The quantitative estimate of drug-likeness (QED) is 0.884. The third-order valence-electron chi connectivity index (χ3n) is 3.04. The van der Waals surface area contributed by atoms with Gasteiger partial charge in [0, 0.05) is 12.1 Å². The van der Waals surface area contributed by atoms with Crippen molar-refractivity contribution in [2.75, 3.05) is 13.1 Å². The number of nitrogens with one attached hydrogen (secondary N) is 2. The van der Waals surface area contributed by atoms with E-state index in [1.807, 2.05) is 0 Å². The van der Waals surface area contributed by atoms with Crippen LogP contribution in [0.4, 0.5) is 8.78 Å². The maximum atomic E-state index is 13.1. The minimum absolute atomic E-state index is 0.202. The summed E-state index contributed by atoms with van der Waals surface area (Å²) in [7, 11) is -3.88. The van der Waals surface area contributed by atoms with Crippen LogP contribution in [0.5, 0.6) is 0 Å². The van der Waals surface area contributed by atoms with Crippen LogP contribution < -0.4 is 10.0 Å². The van der Waals surface area contributed by atoms with E-state index in [2.05, 4.69) is 10.0 Å². The molecule has 0 aliphatic carbocycles. The maximum absolute atomic E-state index is 13.1. The molecule has 0 aromatic heterocycles. The molecular weight excluding hydrogens is 274 g/mol. The molecular formula is C12H16F2N2O2S. The Labute approximate surface area is 111 Å². The number of halogens is 2. The average molecular weight is 290 g/mol. The van der Waals surface area contributed by atoms with Gasteiger partial charge in [0.2, 0.25) is 10.0 Å². The Bertz CT molecular complexity index is 520. The molecule has 1 aromatic rings. The van der Waals surface area contributed by atoms with Crippen LogP contribution in [0.15, 0.2) is 23.1 Å². The molecule has 19 heavy (non-hydrogen) atoms. The lowest BCUT2D eigenvalue weighted by molar-refractivity contribution is 0.515. The average Bonchev–Trinajstić information content (AvgIpc) is 2.55. The van der Waals surface area contributed by atoms with E-state index in [0.29, 0.717) is 18.9 Å². The number of benzene rings is 1. The highest BCUT2D eigenvalue weighted by Gasteiger charge is 2.22. The van der Waals surface area contributed by atoms with E-state index in [4.69, 9.17) is 0 Å². The minimum Gasteiger partial charge on any atom is -0.317 e. The van der Waals surface area contributed by atoms with Gasteiger partial charge in [-0.15, -0.1) is 0 Å². The number of rotatable bonds is 3. The van der Waals surface area contributed by atoms with Crippen molar-refractivity contribution < 1.29 is 17.2 Å². The highest BCUT2D eigenvalue weighted by molar-refractivity contribution is 7.89. The van der Waals surface area contributed by atoms with Crippen LogP contribution in [0.25, 0.3) is 0 Å². The van der Waals surface area contributed by atoms with Crippen molar-refractivity contribution in [3.05, 3.63) is 29.8 Å². The molecule has 2 rings (SSSR count). The highest BCUT2D eigenvalue weighted by Crippen LogP contribution is 2.16. The van der Waals surface area contributed by atoms with Crippen LogP contribution in [0.2, 0.25) is 0 Å². The van der Waals surface area contributed by atoms with E-state index >= 15 is 0 Å². The Kier molecular flexibility index (Phi) is 4.49. The molecule has 1 aliphatic heterocycles. The molecule has 1 heterocycles. The van der Waals surface area contributed by atoms with E-state index in [-0.39, 0.29) is 10.9 Å². The first-order valence-corrected chi connectivity index (χ1v) is 7.65. The third-order valence-corrected chi connectivity index (χ3v) is 4.54. The molecule has 0 spiro atoms. The number of hydrogen-bond acceptors (Lipinski definition) is 3. The van der Waals surface area contributed by atoms with E-state index in [1.54, 1.807) is 0 Å². The predicted octanol–water partition coefficient (Wildman–Crippen LogP) is 1.39. The van der Waals surface area contributed by atoms with E-state index in [0.717, 1.165) is 31.6 Å². The van der Waals surface area contributed by atoms with Gasteiger partial charge >= 0.3 is 0 Å². The molecule has 106 valence electrons. The molecule has 0 bridgehead atoms. The molecule has 1 fully saturated rings. The summed E-state index contributed by atoms with van der Waals surface area (Å²) in [6, 6.07) is 2.08. The second kappa shape index (κ2) is 5.94. The first kappa shape index (κ1) is 14.4. The molecule has 1 aromatic carbocycles. The van der Waals surface area contributed by atoms with Gasteiger partial charge in [-0.1, -0.05) is 0 Å². The van der Waals surface area contributed by atoms with E-state index < -0.39 is 21.7 Å². The lowest BCUT2D eigenvalue weighted by Gasteiger charge is -2.16. The van der Waals surface area contributed by atoms with Gasteiger partial charge in [-0.05, 0) is 44.5 Å². The van der Waals surface area contributed by atoms with Gasteiger partial charge in [-0.2, -0.15) is 0 Å². The molecule has 0 radical (unpaired) electrons. The number of hydrogen-bond donors (Lipinski definition) is 2. The molecule has 1 saturated heterocycles. The first-order chi connectivity index (χ1) is 8.97. The van der Waals surface area contributed by atoms with Crippen molar-refractivity contribution in [1.82, 2.24) is 10.0 Å². The van der Waals surface area contributed by atoms with Crippen molar-refractivity contribution in [1.29, 1.82) is 0 Å². The summed E-state index contributed by atoms with van der Waals surface area (Å²) in [5, 5.41) is 3.17. The van der Waals surface area contributed by atoms with Crippen molar-refractivity contribution in [2.24, 2.45) is 0 Å². The zero-order valence-electron chi connectivity index (χ0n) is 10.3. The Morgan fingerprint density at radius 3 is 2.47 bits per heavy atom. The Morgan fingerprint density at radius 2 is 1.79 bits per heavy atom. The number of sulfonamides is 1. The fourth-order valence-corrected chi connectivity index (χ4v) is 3.45. The van der Waals surface area contributed by atoms with Crippen molar-refractivity contribution in [3.63, 3.8) is 0 Å². The van der Waals surface area contributed by atoms with Gasteiger partial charge in [0.15, 0.2) is 0 Å². The summed E-state index contributed by atoms with van der Waals surface area (Å²) in [6.45, 7) is 1.58. The normalized spacial score (nSPS) is 21.1. The van der Waals surface area contributed by atoms with Crippen LogP contribution in [-0.2, 0) is 10.0 Å². The first-order valence-electron chi connectivity index (χ1n) is 6.16. The largest absolute Gasteiger partial charge is 0.317 e. The van der Waals surface area contributed by atoms with Crippen LogP contribution in [0.3, 0.4) is 0 Å². The van der Waals surface area contributed by atoms with Crippen LogP contribution in [0, 0.1) is 11.6 Å². The summed E-state index contributed by atoms with van der Waals surface area (Å²) in [4.78, 5) is -0.373. The molecule has 2 N–H and O–H groups in total. The maximum Gasteiger partial charge on any atom is 0.241 e. The van der Waals surface area contributed by atoms with Crippen molar-refractivity contribution in [2.45, 2.75) is 30.2 Å². The lowest BCUT2D eigenvalue weighted by Crippen LogP contribution is -2.35. The van der Waals surface area contributed by atoms with Gasteiger partial charge in [0.25, 0.3) is 0 Å². The van der Waals surface area contributed by atoms with E-state index in [1.165, 1.54) is 0 Å².